The Balaban J connectivity index is 2.01. The minimum Gasteiger partial charge on any atom is -0.463 e. The van der Waals surface area contributed by atoms with Crippen LogP contribution in [0.4, 0.5) is 0 Å². The zero-order valence-corrected chi connectivity index (χ0v) is 11.7. The van der Waals surface area contributed by atoms with Crippen LogP contribution in [0, 0.1) is 0 Å². The molecule has 0 aliphatic carbocycles. The molecular weight excluding hydrogens is 278 g/mol. The number of ether oxygens (including phenoxy) is 1. The second-order valence-electron chi connectivity index (χ2n) is 4.55. The number of hydrogen-bond donors (Lipinski definition) is 4. The fraction of sp³-hybridized carbons (Fsp3) is 0.615. The number of aliphatic hydroxyl groups excluding tert-OH is 2. The van der Waals surface area contributed by atoms with E-state index in [9.17, 15) is 9.59 Å². The summed E-state index contributed by atoms with van der Waals surface area (Å²) < 4.78 is 4.71. The van der Waals surface area contributed by atoms with Crippen molar-refractivity contribution in [2.24, 2.45) is 0 Å². The number of imidazole rings is 1. The number of amides is 1. The molecule has 0 saturated heterocycles. The zero-order chi connectivity index (χ0) is 15.5. The molecule has 1 amide bonds. The Morgan fingerprint density at radius 1 is 1.43 bits per heavy atom. The molecule has 8 nitrogen and oxygen atoms in total. The van der Waals surface area contributed by atoms with Crippen LogP contribution >= 0.6 is 0 Å². The molecule has 1 atom stereocenters. The zero-order valence-electron chi connectivity index (χ0n) is 11.7. The van der Waals surface area contributed by atoms with E-state index >= 15 is 0 Å². The number of aromatic amines is 1. The van der Waals surface area contributed by atoms with E-state index in [-0.39, 0.29) is 25.4 Å². The summed E-state index contributed by atoms with van der Waals surface area (Å²) >= 11 is 0. The molecule has 0 radical (unpaired) electrons. The molecule has 4 N–H and O–H groups in total. The SMILES string of the molecule is O=C(CCCC(=O)OCC(O)CO)NCCc1cnc[nH]1. The smallest absolute Gasteiger partial charge is 0.305 e. The first-order valence-corrected chi connectivity index (χ1v) is 6.80. The lowest BCUT2D eigenvalue weighted by atomic mass is 10.2. The first kappa shape index (κ1) is 17.1. The molecule has 1 aromatic rings. The van der Waals surface area contributed by atoms with Crippen LogP contribution in [-0.2, 0) is 20.7 Å². The molecule has 1 unspecified atom stereocenters. The predicted octanol–water partition coefficient (Wildman–Crippen LogP) is -0.865. The number of aromatic nitrogens is 2. The van der Waals surface area contributed by atoms with Gasteiger partial charge in [0.05, 0.1) is 12.9 Å². The van der Waals surface area contributed by atoms with Crippen LogP contribution in [0.25, 0.3) is 0 Å². The number of esters is 1. The second-order valence-corrected chi connectivity index (χ2v) is 4.55. The Morgan fingerprint density at radius 2 is 2.24 bits per heavy atom. The molecule has 0 spiro atoms. The van der Waals surface area contributed by atoms with Crippen molar-refractivity contribution in [1.82, 2.24) is 15.3 Å². The first-order valence-electron chi connectivity index (χ1n) is 6.80. The van der Waals surface area contributed by atoms with Gasteiger partial charge in [-0.25, -0.2) is 4.98 Å². The van der Waals surface area contributed by atoms with E-state index in [2.05, 4.69) is 15.3 Å². The number of H-pyrrole nitrogens is 1. The van der Waals surface area contributed by atoms with Gasteiger partial charge >= 0.3 is 5.97 Å². The molecule has 21 heavy (non-hydrogen) atoms. The monoisotopic (exact) mass is 299 g/mol. The standard InChI is InChI=1S/C13H21N3O5/c17-7-11(18)8-21-13(20)3-1-2-12(19)15-5-4-10-6-14-9-16-10/h6,9,11,17-18H,1-5,7-8H2,(H,14,16)(H,15,19). The third kappa shape index (κ3) is 8.05. The summed E-state index contributed by atoms with van der Waals surface area (Å²) in [6.07, 6.45) is 3.61. The third-order valence-electron chi connectivity index (χ3n) is 2.70. The number of aliphatic hydroxyl groups is 2. The van der Waals surface area contributed by atoms with Gasteiger partial charge in [-0.3, -0.25) is 9.59 Å². The van der Waals surface area contributed by atoms with Crippen LogP contribution in [0.2, 0.25) is 0 Å². The van der Waals surface area contributed by atoms with Gasteiger partial charge in [0.15, 0.2) is 0 Å². The Kier molecular flexibility index (Phi) is 8.07. The van der Waals surface area contributed by atoms with Crippen molar-refractivity contribution in [2.75, 3.05) is 19.8 Å². The van der Waals surface area contributed by atoms with Gasteiger partial charge < -0.3 is 25.3 Å². The summed E-state index contributed by atoms with van der Waals surface area (Å²) in [6.45, 7) is -0.175. The van der Waals surface area contributed by atoms with Crippen LogP contribution in [0.5, 0.6) is 0 Å². The Labute approximate surface area is 122 Å². The molecule has 0 aliphatic heterocycles. The lowest BCUT2D eigenvalue weighted by Gasteiger charge is -2.08. The summed E-state index contributed by atoms with van der Waals surface area (Å²) in [6, 6.07) is 0. The van der Waals surface area contributed by atoms with E-state index < -0.39 is 18.7 Å². The van der Waals surface area contributed by atoms with E-state index in [1.54, 1.807) is 12.5 Å². The van der Waals surface area contributed by atoms with Gasteiger partial charge in [-0.15, -0.1) is 0 Å². The number of rotatable bonds is 10. The van der Waals surface area contributed by atoms with E-state index in [0.717, 1.165) is 5.69 Å². The van der Waals surface area contributed by atoms with Crippen molar-refractivity contribution in [3.05, 3.63) is 18.2 Å². The van der Waals surface area contributed by atoms with E-state index in [4.69, 9.17) is 14.9 Å². The van der Waals surface area contributed by atoms with Crippen LogP contribution in [0.1, 0.15) is 25.0 Å². The van der Waals surface area contributed by atoms with Gasteiger partial charge in [0.1, 0.15) is 12.7 Å². The molecule has 1 rings (SSSR count). The van der Waals surface area contributed by atoms with E-state index in [0.29, 0.717) is 19.4 Å². The summed E-state index contributed by atoms with van der Waals surface area (Å²) in [7, 11) is 0. The minimum atomic E-state index is -1.06. The van der Waals surface area contributed by atoms with Crippen molar-refractivity contribution < 1.29 is 24.5 Å². The first-order chi connectivity index (χ1) is 10.1. The van der Waals surface area contributed by atoms with Crippen molar-refractivity contribution >= 4 is 11.9 Å². The summed E-state index contributed by atoms with van der Waals surface area (Å²) in [5.41, 5.74) is 0.946. The topological polar surface area (TPSA) is 125 Å². The maximum Gasteiger partial charge on any atom is 0.305 e. The summed E-state index contributed by atoms with van der Waals surface area (Å²) in [5, 5.41) is 20.3. The van der Waals surface area contributed by atoms with Gasteiger partial charge in [-0.2, -0.15) is 0 Å². The van der Waals surface area contributed by atoms with Gasteiger partial charge in [0, 0.05) is 37.7 Å². The maximum atomic E-state index is 11.5. The number of carbonyl (C=O) groups excluding carboxylic acids is 2. The molecule has 1 heterocycles. The molecule has 1 aromatic heterocycles. The van der Waals surface area contributed by atoms with Gasteiger partial charge in [0.25, 0.3) is 0 Å². The fourth-order valence-electron chi connectivity index (χ4n) is 1.55. The maximum absolute atomic E-state index is 11.5. The minimum absolute atomic E-state index is 0.103. The second kappa shape index (κ2) is 9.89. The predicted molar refractivity (Wildman–Crippen MR) is 73.2 cm³/mol. The van der Waals surface area contributed by atoms with Crippen molar-refractivity contribution in [2.45, 2.75) is 31.8 Å². The highest BCUT2D eigenvalue weighted by molar-refractivity contribution is 5.77. The van der Waals surface area contributed by atoms with Gasteiger partial charge in [-0.1, -0.05) is 0 Å². The quantitative estimate of drug-likeness (QED) is 0.416. The Bertz CT molecular complexity index is 421. The molecule has 0 aliphatic rings. The Morgan fingerprint density at radius 3 is 2.90 bits per heavy atom. The molecule has 118 valence electrons. The molecule has 0 fully saturated rings. The van der Waals surface area contributed by atoms with Crippen LogP contribution < -0.4 is 5.32 Å². The largest absolute Gasteiger partial charge is 0.463 e. The highest BCUT2D eigenvalue weighted by atomic mass is 16.5. The lowest BCUT2D eigenvalue weighted by molar-refractivity contribution is -0.147. The van der Waals surface area contributed by atoms with E-state index in [1.165, 1.54) is 0 Å². The van der Waals surface area contributed by atoms with Gasteiger partial charge in [-0.05, 0) is 6.42 Å². The average molecular weight is 299 g/mol. The number of carbonyl (C=O) groups is 2. The molecule has 0 saturated carbocycles. The molecular formula is C13H21N3O5. The summed E-state index contributed by atoms with van der Waals surface area (Å²) in [4.78, 5) is 29.6. The van der Waals surface area contributed by atoms with Crippen molar-refractivity contribution in [3.8, 4) is 0 Å². The van der Waals surface area contributed by atoms with Crippen LogP contribution in [0.3, 0.4) is 0 Å². The van der Waals surface area contributed by atoms with Crippen molar-refractivity contribution in [3.63, 3.8) is 0 Å². The Hall–Kier alpha value is -1.93. The molecule has 8 heteroatoms. The van der Waals surface area contributed by atoms with Crippen LogP contribution in [0.15, 0.2) is 12.5 Å². The fourth-order valence-corrected chi connectivity index (χ4v) is 1.55. The van der Waals surface area contributed by atoms with Crippen molar-refractivity contribution in [1.29, 1.82) is 0 Å². The van der Waals surface area contributed by atoms with Gasteiger partial charge in [0.2, 0.25) is 5.91 Å². The number of hydrogen-bond acceptors (Lipinski definition) is 6. The number of nitrogens with zero attached hydrogens (tertiary/aromatic N) is 1. The highest BCUT2D eigenvalue weighted by Crippen LogP contribution is 1.99. The summed E-state index contributed by atoms with van der Waals surface area (Å²) in [5.74, 6) is -0.620. The normalized spacial score (nSPS) is 11.9. The number of nitrogens with one attached hydrogen (secondary N) is 2. The third-order valence-corrected chi connectivity index (χ3v) is 2.70. The molecule has 0 bridgehead atoms. The lowest BCUT2D eigenvalue weighted by Crippen LogP contribution is -2.26. The van der Waals surface area contributed by atoms with E-state index in [1.807, 2.05) is 0 Å². The molecule has 0 aromatic carbocycles. The average Bonchev–Trinajstić information content (AvgIpc) is 2.98. The highest BCUT2D eigenvalue weighted by Gasteiger charge is 2.09. The van der Waals surface area contributed by atoms with Crippen LogP contribution in [-0.4, -0.2) is 57.9 Å².